The second-order valence-corrected chi connectivity index (χ2v) is 6.32. The summed E-state index contributed by atoms with van der Waals surface area (Å²) < 4.78 is 5.80. The van der Waals surface area contributed by atoms with E-state index in [-0.39, 0.29) is 18.2 Å². The Hall–Kier alpha value is -1.06. The maximum Gasteiger partial charge on any atom is 0.162 e. The van der Waals surface area contributed by atoms with Gasteiger partial charge in [0.15, 0.2) is 5.78 Å². The van der Waals surface area contributed by atoms with Gasteiger partial charge in [-0.3, -0.25) is 9.69 Å². The third-order valence-electron chi connectivity index (χ3n) is 3.88. The van der Waals surface area contributed by atoms with Crippen molar-refractivity contribution in [3.05, 3.63) is 29.8 Å². The summed E-state index contributed by atoms with van der Waals surface area (Å²) >= 11 is 0. The molecule has 132 valence electrons. The first-order valence-corrected chi connectivity index (χ1v) is 8.47. The maximum absolute atomic E-state index is 11.9. The monoisotopic (exact) mass is 341 g/mol. The topological polar surface area (TPSA) is 29.5 Å². The molecule has 0 atom stereocenters. The Balaban J connectivity index is 0.00000484. The fourth-order valence-electron chi connectivity index (χ4n) is 2.60. The molecule has 0 aliphatic heterocycles. The van der Waals surface area contributed by atoms with Crippen molar-refractivity contribution in [3.63, 3.8) is 0 Å². The number of hydrogen-bond donors (Lipinski definition) is 0. The van der Waals surface area contributed by atoms with E-state index >= 15 is 0 Å². The lowest BCUT2D eigenvalue weighted by atomic mass is 10.1. The van der Waals surface area contributed by atoms with E-state index < -0.39 is 0 Å². The van der Waals surface area contributed by atoms with Gasteiger partial charge < -0.3 is 4.74 Å². The number of carbonyl (C=O) groups is 1. The number of hydrogen-bond acceptors (Lipinski definition) is 3. The number of halogens is 1. The lowest BCUT2D eigenvalue weighted by molar-refractivity contribution is 0.0979. The van der Waals surface area contributed by atoms with Gasteiger partial charge in [0.2, 0.25) is 0 Å². The van der Waals surface area contributed by atoms with Gasteiger partial charge in [-0.2, -0.15) is 0 Å². The van der Waals surface area contributed by atoms with Crippen molar-refractivity contribution >= 4 is 18.2 Å². The molecule has 1 aromatic rings. The van der Waals surface area contributed by atoms with Crippen LogP contribution in [0.1, 0.15) is 64.2 Å². The second kappa shape index (κ2) is 11.5. The van der Waals surface area contributed by atoms with E-state index in [1.807, 2.05) is 24.3 Å². The van der Waals surface area contributed by atoms with Crippen LogP contribution in [-0.4, -0.2) is 35.9 Å². The van der Waals surface area contributed by atoms with Gasteiger partial charge in [-0.05, 0) is 58.4 Å². The van der Waals surface area contributed by atoms with E-state index in [4.69, 9.17) is 4.74 Å². The highest BCUT2D eigenvalue weighted by atomic mass is 35.5. The van der Waals surface area contributed by atoms with Crippen molar-refractivity contribution in [2.45, 2.75) is 66.0 Å². The zero-order valence-electron chi connectivity index (χ0n) is 15.2. The Kier molecular flexibility index (Phi) is 10.9. The van der Waals surface area contributed by atoms with Crippen molar-refractivity contribution in [1.29, 1.82) is 0 Å². The van der Waals surface area contributed by atoms with Crippen molar-refractivity contribution in [3.8, 4) is 5.75 Å². The molecule has 0 fully saturated rings. The normalized spacial score (nSPS) is 11.0. The van der Waals surface area contributed by atoms with Crippen LogP contribution in [-0.2, 0) is 0 Å². The van der Waals surface area contributed by atoms with Gasteiger partial charge in [0.25, 0.3) is 0 Å². The van der Waals surface area contributed by atoms with E-state index in [9.17, 15) is 4.79 Å². The van der Waals surface area contributed by atoms with Crippen molar-refractivity contribution in [2.75, 3.05) is 13.2 Å². The van der Waals surface area contributed by atoms with E-state index in [0.29, 0.717) is 25.1 Å². The summed E-state index contributed by atoms with van der Waals surface area (Å²) in [5.74, 6) is 1.05. The number of Topliss-reactive ketones (excluding diaryl/α,β-unsaturated/α-hetero) is 1. The number of ketones is 1. The first-order valence-electron chi connectivity index (χ1n) is 8.47. The average Bonchev–Trinajstić information content (AvgIpc) is 2.49. The molecule has 4 heteroatoms. The molecule has 0 aromatic heterocycles. The minimum atomic E-state index is 0. The molecule has 1 rings (SSSR count). The van der Waals surface area contributed by atoms with Crippen LogP contribution in [0.5, 0.6) is 5.75 Å². The molecule has 0 N–H and O–H groups in total. The molecule has 23 heavy (non-hydrogen) atoms. The molecule has 0 amide bonds. The van der Waals surface area contributed by atoms with Crippen LogP contribution in [0.25, 0.3) is 0 Å². The van der Waals surface area contributed by atoms with Crippen LogP contribution in [0, 0.1) is 0 Å². The van der Waals surface area contributed by atoms with Gasteiger partial charge in [0.05, 0.1) is 0 Å². The van der Waals surface area contributed by atoms with Crippen molar-refractivity contribution in [1.82, 2.24) is 4.90 Å². The molecule has 1 aromatic carbocycles. The Bertz CT molecular complexity index is 435. The predicted octanol–water partition coefficient (Wildman–Crippen LogP) is 4.98. The van der Waals surface area contributed by atoms with E-state index in [1.54, 1.807) is 0 Å². The fraction of sp³-hybridized carbons (Fsp3) is 0.632. The first-order chi connectivity index (χ1) is 10.5. The molecule has 0 saturated heterocycles. The van der Waals surface area contributed by atoms with Gasteiger partial charge in [0.1, 0.15) is 12.4 Å². The highest BCUT2D eigenvalue weighted by Crippen LogP contribution is 2.15. The van der Waals surface area contributed by atoms with E-state index in [2.05, 4.69) is 39.5 Å². The minimum Gasteiger partial charge on any atom is -0.492 e. The third-order valence-corrected chi connectivity index (χ3v) is 3.88. The Morgan fingerprint density at radius 1 is 1.09 bits per heavy atom. The van der Waals surface area contributed by atoms with Crippen molar-refractivity contribution < 1.29 is 9.53 Å². The lowest BCUT2D eigenvalue weighted by Gasteiger charge is -2.30. The molecule has 3 nitrogen and oxygen atoms in total. The zero-order valence-corrected chi connectivity index (χ0v) is 16.0. The van der Waals surface area contributed by atoms with Gasteiger partial charge in [0, 0.05) is 30.6 Å². The number of rotatable bonds is 10. The molecule has 0 radical (unpaired) electrons. The summed E-state index contributed by atoms with van der Waals surface area (Å²) in [5, 5.41) is 0. The molecule has 0 bridgehead atoms. The average molecular weight is 342 g/mol. The summed E-state index contributed by atoms with van der Waals surface area (Å²) in [5.41, 5.74) is 0.784. The van der Waals surface area contributed by atoms with Crippen LogP contribution in [0.15, 0.2) is 24.3 Å². The van der Waals surface area contributed by atoms with Crippen LogP contribution in [0.2, 0.25) is 0 Å². The quantitative estimate of drug-likeness (QED) is 0.562. The number of nitrogens with zero attached hydrogens (tertiary/aromatic N) is 1. The van der Waals surface area contributed by atoms with Gasteiger partial charge >= 0.3 is 0 Å². The van der Waals surface area contributed by atoms with Crippen LogP contribution >= 0.6 is 12.4 Å². The molecule has 0 spiro atoms. The maximum atomic E-state index is 11.9. The second-order valence-electron chi connectivity index (χ2n) is 6.32. The highest BCUT2D eigenvalue weighted by molar-refractivity contribution is 5.96. The zero-order chi connectivity index (χ0) is 16.5. The van der Waals surface area contributed by atoms with Crippen LogP contribution in [0.4, 0.5) is 0 Å². The van der Waals surface area contributed by atoms with Gasteiger partial charge in [-0.15, -0.1) is 12.4 Å². The molecular weight excluding hydrogens is 310 g/mol. The summed E-state index contributed by atoms with van der Waals surface area (Å²) in [4.78, 5) is 14.3. The molecule has 0 saturated carbocycles. The minimum absolute atomic E-state index is 0. The Labute approximate surface area is 147 Å². The van der Waals surface area contributed by atoms with E-state index in [0.717, 1.165) is 30.7 Å². The predicted molar refractivity (Wildman–Crippen MR) is 100 cm³/mol. The van der Waals surface area contributed by atoms with E-state index in [1.165, 1.54) is 0 Å². The van der Waals surface area contributed by atoms with Gasteiger partial charge in [-0.1, -0.05) is 13.3 Å². The van der Waals surface area contributed by atoms with Crippen LogP contribution in [0.3, 0.4) is 0 Å². The highest BCUT2D eigenvalue weighted by Gasteiger charge is 2.13. The summed E-state index contributed by atoms with van der Waals surface area (Å²) in [6.45, 7) is 12.5. The molecule has 0 aliphatic carbocycles. The summed E-state index contributed by atoms with van der Waals surface area (Å²) in [7, 11) is 0. The smallest absolute Gasteiger partial charge is 0.162 e. The number of benzene rings is 1. The third kappa shape index (κ3) is 7.85. The first kappa shape index (κ1) is 21.9. The number of carbonyl (C=O) groups excluding carboxylic acids is 1. The van der Waals surface area contributed by atoms with Gasteiger partial charge in [-0.25, -0.2) is 0 Å². The summed E-state index contributed by atoms with van der Waals surface area (Å²) in [6.07, 6.45) is 2.64. The standard InChI is InChI=1S/C19H31NO2.ClH/c1-6-7-8-19(21)17-9-11-18(12-10-17)22-14-13-20(15(2)3)16(4)5;/h9-12,15-16H,6-8,13-14H2,1-5H3;1H. The lowest BCUT2D eigenvalue weighted by Crippen LogP contribution is -2.39. The van der Waals surface area contributed by atoms with Crippen LogP contribution < -0.4 is 4.74 Å². The molecule has 0 aliphatic rings. The molecular formula is C19H32ClNO2. The number of ether oxygens (including phenoxy) is 1. The Morgan fingerprint density at radius 3 is 2.13 bits per heavy atom. The largest absolute Gasteiger partial charge is 0.492 e. The number of unbranched alkanes of at least 4 members (excludes halogenated alkanes) is 1. The van der Waals surface area contributed by atoms with Crippen molar-refractivity contribution in [2.24, 2.45) is 0 Å². The fourth-order valence-corrected chi connectivity index (χ4v) is 2.60. The SMILES string of the molecule is CCCCC(=O)c1ccc(OCCN(C(C)C)C(C)C)cc1.Cl. The molecule has 0 heterocycles. The molecule has 0 unspecified atom stereocenters. The summed E-state index contributed by atoms with van der Waals surface area (Å²) in [6, 6.07) is 8.57. The Morgan fingerprint density at radius 2 is 1.65 bits per heavy atom.